The van der Waals surface area contributed by atoms with Crippen molar-refractivity contribution in [2.45, 2.75) is 30.7 Å². The second-order valence-corrected chi connectivity index (χ2v) is 7.76. The quantitative estimate of drug-likeness (QED) is 0.209. The maximum atomic E-state index is 12.9. The molecule has 3 aromatic rings. The third-order valence-electron chi connectivity index (χ3n) is 5.58. The molecule has 0 amide bonds. The Morgan fingerprint density at radius 1 is 0.943 bits per heavy atom. The highest BCUT2D eigenvalue weighted by Crippen LogP contribution is 2.44. The lowest BCUT2D eigenvalue weighted by molar-refractivity contribution is -0.277. The zero-order valence-corrected chi connectivity index (χ0v) is 18.0. The number of rotatable bonds is 5. The largest absolute Gasteiger partial charge is 0.507 e. The van der Waals surface area contributed by atoms with Gasteiger partial charge in [0, 0.05) is 11.6 Å². The van der Waals surface area contributed by atoms with Gasteiger partial charge in [-0.2, -0.15) is 0 Å². The van der Waals surface area contributed by atoms with Gasteiger partial charge in [-0.1, -0.05) is 0 Å². The number of hydrogen-bond acceptors (Lipinski definition) is 13. The Labute approximate surface area is 195 Å². The lowest BCUT2D eigenvalue weighted by atomic mass is 9.99. The van der Waals surface area contributed by atoms with Gasteiger partial charge in [0.1, 0.15) is 35.6 Å². The van der Waals surface area contributed by atoms with Crippen LogP contribution in [0.5, 0.6) is 34.5 Å². The Bertz CT molecular complexity index is 1320. The molecule has 1 saturated heterocycles. The maximum Gasteiger partial charge on any atom is 0.238 e. The van der Waals surface area contributed by atoms with Gasteiger partial charge in [0.15, 0.2) is 28.6 Å². The Morgan fingerprint density at radius 3 is 2.29 bits per heavy atom. The van der Waals surface area contributed by atoms with E-state index in [1.165, 1.54) is 13.2 Å². The van der Waals surface area contributed by atoms with Crippen LogP contribution >= 0.6 is 0 Å². The number of phenolic OH excluding ortho intramolecular Hbond substituents is 3. The zero-order chi connectivity index (χ0) is 25.6. The lowest BCUT2D eigenvalue weighted by Crippen LogP contribution is -2.60. The van der Waals surface area contributed by atoms with Crippen LogP contribution in [-0.2, 0) is 4.74 Å². The number of fused-ring (bicyclic) bond motifs is 1. The van der Waals surface area contributed by atoms with E-state index < -0.39 is 88.2 Å². The summed E-state index contributed by atoms with van der Waals surface area (Å²) < 4.78 is 21.8. The van der Waals surface area contributed by atoms with E-state index in [0.717, 1.165) is 18.2 Å². The number of aromatic hydroxyl groups is 4. The predicted octanol–water partition coefficient (Wildman–Crippen LogP) is -0.530. The Morgan fingerprint density at radius 2 is 1.66 bits per heavy atom. The molecule has 35 heavy (non-hydrogen) atoms. The molecule has 0 radical (unpaired) electrons. The van der Waals surface area contributed by atoms with Crippen LogP contribution in [0.1, 0.15) is 0 Å². The van der Waals surface area contributed by atoms with Crippen LogP contribution < -0.4 is 14.9 Å². The third kappa shape index (κ3) is 4.05. The molecule has 0 bridgehead atoms. The molecule has 0 aliphatic carbocycles. The van der Waals surface area contributed by atoms with Crippen LogP contribution in [0.25, 0.3) is 22.3 Å². The van der Waals surface area contributed by atoms with E-state index in [9.17, 15) is 45.6 Å². The van der Waals surface area contributed by atoms with Crippen LogP contribution in [0.4, 0.5) is 0 Å². The summed E-state index contributed by atoms with van der Waals surface area (Å²) in [5, 5.41) is 79.5. The topological polar surface area (TPSA) is 220 Å². The second-order valence-electron chi connectivity index (χ2n) is 7.76. The summed E-state index contributed by atoms with van der Waals surface area (Å²) in [5.41, 5.74) is -1.59. The highest BCUT2D eigenvalue weighted by Gasteiger charge is 2.45. The van der Waals surface area contributed by atoms with Gasteiger partial charge in [0.25, 0.3) is 0 Å². The summed E-state index contributed by atoms with van der Waals surface area (Å²) in [6.45, 7) is -0.726. The van der Waals surface area contributed by atoms with Crippen molar-refractivity contribution in [2.24, 2.45) is 0 Å². The molecule has 1 fully saturated rings. The van der Waals surface area contributed by atoms with Gasteiger partial charge in [-0.05, 0) is 18.2 Å². The molecule has 8 N–H and O–H groups in total. The molecule has 2 heterocycles. The summed E-state index contributed by atoms with van der Waals surface area (Å²) in [6, 6.07) is 4.31. The number of phenols is 3. The van der Waals surface area contributed by atoms with E-state index in [0.29, 0.717) is 0 Å². The van der Waals surface area contributed by atoms with E-state index in [1.54, 1.807) is 0 Å². The molecular formula is C22H22O13. The molecule has 1 aliphatic heterocycles. The van der Waals surface area contributed by atoms with Crippen molar-refractivity contribution in [1.29, 1.82) is 0 Å². The van der Waals surface area contributed by atoms with Crippen LogP contribution in [0, 0.1) is 0 Å². The fourth-order valence-electron chi connectivity index (χ4n) is 3.70. The van der Waals surface area contributed by atoms with Crippen molar-refractivity contribution in [3.63, 3.8) is 0 Å². The Hall–Kier alpha value is -3.75. The third-order valence-corrected chi connectivity index (χ3v) is 5.58. The standard InChI is InChI=1S/C22H22O13/c1-32-11-5-10(26)13-15(28)17(30)19(7-2-3-8(24)9(25)4-7)34-21(13)20(11)35-22-18(31)16(29)14(27)12(6-23)33-22/h2-5,12,14,16,18,22-27,29-31H,6H2,1H3/t12-,14+,16+,18+,22+/m0/s1. The Kier molecular flexibility index (Phi) is 6.36. The molecule has 5 atom stereocenters. The molecule has 188 valence electrons. The molecule has 4 rings (SSSR count). The van der Waals surface area contributed by atoms with Crippen molar-refractivity contribution in [3.8, 4) is 45.8 Å². The SMILES string of the molecule is COc1cc(O)c2c(=O)c(O)c(-c3ccc(O)c(O)c3)oc2c1O[C@H]1O[C@@H](CO)[C@@H](O)[C@@H](O)[C@H]1O. The number of hydrogen-bond donors (Lipinski definition) is 8. The van der Waals surface area contributed by atoms with Gasteiger partial charge < -0.3 is 59.5 Å². The maximum absolute atomic E-state index is 12.9. The van der Waals surface area contributed by atoms with Crippen molar-refractivity contribution in [3.05, 3.63) is 34.5 Å². The predicted molar refractivity (Wildman–Crippen MR) is 116 cm³/mol. The fraction of sp³-hybridized carbons (Fsp3) is 0.318. The van der Waals surface area contributed by atoms with E-state index in [-0.39, 0.29) is 11.3 Å². The highest BCUT2D eigenvalue weighted by atomic mass is 16.7. The monoisotopic (exact) mass is 494 g/mol. The number of ether oxygens (including phenoxy) is 3. The smallest absolute Gasteiger partial charge is 0.238 e. The normalized spacial score (nSPS) is 24.4. The first-order valence-electron chi connectivity index (χ1n) is 10.2. The van der Waals surface area contributed by atoms with Gasteiger partial charge in [-0.3, -0.25) is 4.79 Å². The summed E-state index contributed by atoms with van der Waals surface area (Å²) in [7, 11) is 1.19. The molecule has 2 aromatic carbocycles. The molecule has 1 aromatic heterocycles. The Balaban J connectivity index is 1.92. The number of aliphatic hydroxyl groups is 4. The van der Waals surface area contributed by atoms with E-state index in [4.69, 9.17) is 18.6 Å². The summed E-state index contributed by atoms with van der Waals surface area (Å²) in [6.07, 6.45) is -8.26. The molecule has 0 spiro atoms. The minimum atomic E-state index is -1.82. The molecule has 0 unspecified atom stereocenters. The van der Waals surface area contributed by atoms with Gasteiger partial charge >= 0.3 is 0 Å². The minimum Gasteiger partial charge on any atom is -0.507 e. The van der Waals surface area contributed by atoms with Gasteiger partial charge in [-0.15, -0.1) is 0 Å². The van der Waals surface area contributed by atoms with Crippen LogP contribution in [0.3, 0.4) is 0 Å². The number of benzene rings is 2. The van der Waals surface area contributed by atoms with Crippen LogP contribution in [0.15, 0.2) is 33.5 Å². The number of methoxy groups -OCH3 is 1. The van der Waals surface area contributed by atoms with Crippen molar-refractivity contribution >= 4 is 11.0 Å². The van der Waals surface area contributed by atoms with Crippen molar-refractivity contribution < 1.29 is 59.5 Å². The van der Waals surface area contributed by atoms with Crippen molar-refractivity contribution in [2.75, 3.05) is 13.7 Å². The highest BCUT2D eigenvalue weighted by molar-refractivity contribution is 5.93. The first-order chi connectivity index (χ1) is 16.6. The van der Waals surface area contributed by atoms with Gasteiger partial charge in [0.05, 0.1) is 13.7 Å². The molecule has 1 aliphatic rings. The van der Waals surface area contributed by atoms with E-state index in [1.807, 2.05) is 0 Å². The molecule has 0 saturated carbocycles. The van der Waals surface area contributed by atoms with Crippen molar-refractivity contribution in [1.82, 2.24) is 0 Å². The summed E-state index contributed by atoms with van der Waals surface area (Å²) >= 11 is 0. The minimum absolute atomic E-state index is 0.0297. The van der Waals surface area contributed by atoms with E-state index in [2.05, 4.69) is 0 Å². The number of aliphatic hydroxyl groups excluding tert-OH is 4. The summed E-state index contributed by atoms with van der Waals surface area (Å²) in [4.78, 5) is 12.9. The first kappa shape index (κ1) is 24.4. The molecule has 13 heteroatoms. The fourth-order valence-corrected chi connectivity index (χ4v) is 3.70. The summed E-state index contributed by atoms with van der Waals surface area (Å²) in [5.74, 6) is -3.70. The molecule has 13 nitrogen and oxygen atoms in total. The zero-order valence-electron chi connectivity index (χ0n) is 18.0. The van der Waals surface area contributed by atoms with Gasteiger partial charge in [-0.25, -0.2) is 0 Å². The van der Waals surface area contributed by atoms with Crippen LogP contribution in [-0.4, -0.2) is 85.3 Å². The average Bonchev–Trinajstić information content (AvgIpc) is 2.84. The van der Waals surface area contributed by atoms with E-state index >= 15 is 0 Å². The average molecular weight is 494 g/mol. The van der Waals surface area contributed by atoms with Gasteiger partial charge in [0.2, 0.25) is 23.2 Å². The molecular weight excluding hydrogens is 472 g/mol. The first-order valence-corrected chi connectivity index (χ1v) is 10.2. The van der Waals surface area contributed by atoms with Crippen LogP contribution in [0.2, 0.25) is 0 Å². The lowest BCUT2D eigenvalue weighted by Gasteiger charge is -2.39. The second kappa shape index (κ2) is 9.13.